The van der Waals surface area contributed by atoms with Crippen molar-refractivity contribution in [3.8, 4) is 0 Å². The minimum atomic E-state index is -1.33. The highest BCUT2D eigenvalue weighted by Crippen LogP contribution is 2.55. The molecule has 0 saturated heterocycles. The van der Waals surface area contributed by atoms with Crippen LogP contribution < -0.4 is 5.73 Å². The van der Waals surface area contributed by atoms with Gasteiger partial charge >= 0.3 is 5.97 Å². The van der Waals surface area contributed by atoms with Crippen LogP contribution in [0.4, 0.5) is 0 Å². The second-order valence-electron chi connectivity index (χ2n) is 11.5. The van der Waals surface area contributed by atoms with Gasteiger partial charge < -0.3 is 14.7 Å². The fourth-order valence-corrected chi connectivity index (χ4v) is 6.34. The molecule has 3 rings (SSSR count). The summed E-state index contributed by atoms with van der Waals surface area (Å²) < 4.78 is 11.9. The maximum atomic E-state index is 13.4. The first-order valence-corrected chi connectivity index (χ1v) is 13.3. The number of esters is 1. The molecule has 5 nitrogen and oxygen atoms in total. The lowest BCUT2D eigenvalue weighted by Crippen LogP contribution is -2.53. The third-order valence-electron chi connectivity index (χ3n) is 8.17. The smallest absolute Gasteiger partial charge is 0.322 e. The zero-order valence-corrected chi connectivity index (χ0v) is 23.2. The number of carbonyl (C=O) groups excluding carboxylic acids is 2. The molecule has 3 atom stereocenters. The molecular formula is C28H45NO4S. The summed E-state index contributed by atoms with van der Waals surface area (Å²) in [4.78, 5) is 26.8. The van der Waals surface area contributed by atoms with Crippen LogP contribution in [-0.2, 0) is 18.5 Å². The molecule has 2 saturated carbocycles. The molecule has 1 aromatic rings. The monoisotopic (exact) mass is 491 g/mol. The molecule has 192 valence electrons. The Morgan fingerprint density at radius 2 is 1.59 bits per heavy atom. The molecule has 1 aromatic carbocycles. The Labute approximate surface area is 211 Å². The predicted molar refractivity (Wildman–Crippen MR) is 139 cm³/mol. The molecule has 0 heterocycles. The van der Waals surface area contributed by atoms with E-state index in [0.29, 0.717) is 11.8 Å². The van der Waals surface area contributed by atoms with E-state index in [1.807, 2.05) is 45.0 Å². The number of carbonyl (C=O) groups is 2. The van der Waals surface area contributed by atoms with Crippen molar-refractivity contribution in [3.63, 3.8) is 0 Å². The van der Waals surface area contributed by atoms with E-state index in [4.69, 9.17) is 8.92 Å². The minimum Gasteiger partial charge on any atom is -0.458 e. The number of hydrogen-bond donors (Lipinski definition) is 1. The van der Waals surface area contributed by atoms with Crippen LogP contribution in [0.3, 0.4) is 0 Å². The summed E-state index contributed by atoms with van der Waals surface area (Å²) >= 11 is 1.19. The van der Waals surface area contributed by atoms with Gasteiger partial charge in [-0.25, -0.2) is 0 Å². The lowest BCUT2D eigenvalue weighted by molar-refractivity contribution is -0.191. The SMILES string of the molecule is CC(=O)C(C)(COSc1ccc(C)cc1)C(=O)OC(C)(C)C1(C)CC2CC(C)CC(C2)C1.CN. The van der Waals surface area contributed by atoms with Crippen molar-refractivity contribution in [2.24, 2.45) is 34.3 Å². The summed E-state index contributed by atoms with van der Waals surface area (Å²) in [6, 6.07) is 7.95. The van der Waals surface area contributed by atoms with Gasteiger partial charge in [0.1, 0.15) is 16.8 Å². The Bertz CT molecular complexity index is 819. The lowest BCUT2D eigenvalue weighted by Gasteiger charge is -2.53. The number of hydrogen-bond acceptors (Lipinski definition) is 6. The van der Waals surface area contributed by atoms with Gasteiger partial charge in [0, 0.05) is 22.4 Å². The first-order valence-electron chi connectivity index (χ1n) is 12.5. The van der Waals surface area contributed by atoms with Crippen molar-refractivity contribution in [3.05, 3.63) is 29.8 Å². The number of ether oxygens (including phenoxy) is 1. The second-order valence-corrected chi connectivity index (χ2v) is 12.3. The number of rotatable bonds is 8. The van der Waals surface area contributed by atoms with Crippen LogP contribution >= 0.6 is 12.0 Å². The molecule has 0 amide bonds. The quantitative estimate of drug-likeness (QED) is 0.259. The Morgan fingerprint density at radius 1 is 1.06 bits per heavy atom. The van der Waals surface area contributed by atoms with Crippen molar-refractivity contribution in [2.45, 2.75) is 91.1 Å². The van der Waals surface area contributed by atoms with Crippen LogP contribution in [0.15, 0.2) is 29.2 Å². The molecule has 2 aliphatic rings. The highest BCUT2D eigenvalue weighted by atomic mass is 32.2. The standard InChI is InChI=1S/C27H40O4S.CH5N/c1-18-8-10-23(11-9-18)32-30-17-27(7,20(3)28)24(29)31-25(4,5)26(6)15-21-12-19(2)13-22(14-21)16-26;1-2/h8-11,19,21-22H,12-17H2,1-7H3;2H2,1H3. The summed E-state index contributed by atoms with van der Waals surface area (Å²) in [6.45, 7) is 13.8. The lowest BCUT2D eigenvalue weighted by atomic mass is 9.55. The van der Waals surface area contributed by atoms with E-state index < -0.39 is 17.0 Å². The summed E-state index contributed by atoms with van der Waals surface area (Å²) in [6.07, 6.45) is 5.99. The third kappa shape index (κ3) is 6.64. The number of aryl methyl sites for hydroxylation is 1. The first-order chi connectivity index (χ1) is 15.8. The summed E-state index contributed by atoms with van der Waals surface area (Å²) in [7, 11) is 1.50. The highest BCUT2D eigenvalue weighted by Gasteiger charge is 2.53. The number of ketones is 1. The van der Waals surface area contributed by atoms with Crippen molar-refractivity contribution in [1.29, 1.82) is 0 Å². The van der Waals surface area contributed by atoms with Crippen LogP contribution in [0.5, 0.6) is 0 Å². The van der Waals surface area contributed by atoms with Crippen molar-refractivity contribution < 1.29 is 18.5 Å². The summed E-state index contributed by atoms with van der Waals surface area (Å²) in [5.74, 6) is 1.48. The molecule has 6 heteroatoms. The van der Waals surface area contributed by atoms with Gasteiger partial charge in [-0.05, 0) is 104 Å². The molecule has 2 aliphatic carbocycles. The van der Waals surface area contributed by atoms with Crippen LogP contribution in [0.1, 0.15) is 79.2 Å². The van der Waals surface area contributed by atoms with Gasteiger partial charge in [-0.3, -0.25) is 9.59 Å². The van der Waals surface area contributed by atoms with Crippen LogP contribution in [-0.4, -0.2) is 31.0 Å². The second kappa shape index (κ2) is 11.6. The van der Waals surface area contributed by atoms with Crippen molar-refractivity contribution in [1.82, 2.24) is 0 Å². The number of nitrogens with two attached hydrogens (primary N) is 1. The van der Waals surface area contributed by atoms with E-state index in [-0.39, 0.29) is 17.8 Å². The van der Waals surface area contributed by atoms with Gasteiger partial charge in [0.2, 0.25) is 0 Å². The third-order valence-corrected chi connectivity index (χ3v) is 8.87. The van der Waals surface area contributed by atoms with Gasteiger partial charge in [0.05, 0.1) is 6.61 Å². The zero-order valence-electron chi connectivity index (χ0n) is 22.4. The molecule has 3 unspecified atom stereocenters. The van der Waals surface area contributed by atoms with E-state index >= 15 is 0 Å². The van der Waals surface area contributed by atoms with E-state index in [0.717, 1.165) is 23.7 Å². The molecule has 2 bridgehead atoms. The highest BCUT2D eigenvalue weighted by molar-refractivity contribution is 7.94. The topological polar surface area (TPSA) is 78.6 Å². The predicted octanol–water partition coefficient (Wildman–Crippen LogP) is 6.36. The van der Waals surface area contributed by atoms with E-state index in [2.05, 4.69) is 19.6 Å². The van der Waals surface area contributed by atoms with Crippen LogP contribution in [0.2, 0.25) is 0 Å². The average molecular weight is 492 g/mol. The number of Topliss-reactive ketones (excluding diaryl/α,β-unsaturated/α-hetero) is 1. The van der Waals surface area contributed by atoms with Crippen molar-refractivity contribution in [2.75, 3.05) is 13.7 Å². The van der Waals surface area contributed by atoms with E-state index in [1.165, 1.54) is 50.8 Å². The van der Waals surface area contributed by atoms with Crippen LogP contribution in [0, 0.1) is 35.5 Å². The first kappa shape index (κ1) is 28.9. The van der Waals surface area contributed by atoms with Crippen LogP contribution in [0.25, 0.3) is 0 Å². The number of benzene rings is 1. The fraction of sp³-hybridized carbons (Fsp3) is 0.714. The Hall–Kier alpha value is -1.37. The zero-order chi connectivity index (χ0) is 25.7. The fourth-order valence-electron chi connectivity index (χ4n) is 5.66. The minimum absolute atomic E-state index is 0.0186. The Balaban J connectivity index is 0.00000199. The Kier molecular flexibility index (Phi) is 9.83. The average Bonchev–Trinajstić information content (AvgIpc) is 2.74. The van der Waals surface area contributed by atoms with E-state index in [1.54, 1.807) is 6.92 Å². The molecular weight excluding hydrogens is 446 g/mol. The normalized spacial score (nSPS) is 28.2. The van der Waals surface area contributed by atoms with Crippen molar-refractivity contribution >= 4 is 23.8 Å². The largest absolute Gasteiger partial charge is 0.458 e. The summed E-state index contributed by atoms with van der Waals surface area (Å²) in [5, 5.41) is 0. The molecule has 0 aliphatic heterocycles. The van der Waals surface area contributed by atoms with E-state index in [9.17, 15) is 9.59 Å². The maximum absolute atomic E-state index is 13.4. The molecule has 2 fully saturated rings. The van der Waals surface area contributed by atoms with Gasteiger partial charge in [-0.1, -0.05) is 31.5 Å². The molecule has 0 spiro atoms. The number of fused-ring (bicyclic) bond motifs is 2. The Morgan fingerprint density at radius 3 is 2.09 bits per heavy atom. The maximum Gasteiger partial charge on any atom is 0.322 e. The molecule has 0 aromatic heterocycles. The van der Waals surface area contributed by atoms with Gasteiger partial charge in [-0.2, -0.15) is 0 Å². The summed E-state index contributed by atoms with van der Waals surface area (Å²) in [5.41, 5.74) is 3.60. The molecule has 34 heavy (non-hydrogen) atoms. The molecule has 0 radical (unpaired) electrons. The molecule has 2 N–H and O–H groups in total. The van der Waals surface area contributed by atoms with Gasteiger partial charge in [0.25, 0.3) is 0 Å². The van der Waals surface area contributed by atoms with Gasteiger partial charge in [-0.15, -0.1) is 0 Å². The van der Waals surface area contributed by atoms with Gasteiger partial charge in [0.15, 0.2) is 0 Å².